The van der Waals surface area contributed by atoms with Crippen LogP contribution in [0, 0.1) is 0 Å². The van der Waals surface area contributed by atoms with Gasteiger partial charge in [0.1, 0.15) is 5.84 Å². The van der Waals surface area contributed by atoms with Crippen LogP contribution in [0.15, 0.2) is 35.5 Å². The second-order valence-corrected chi connectivity index (χ2v) is 5.74. The summed E-state index contributed by atoms with van der Waals surface area (Å²) in [7, 11) is 0. The van der Waals surface area contributed by atoms with Gasteiger partial charge in [-0.25, -0.2) is 0 Å². The Balaban J connectivity index is 2.11. The van der Waals surface area contributed by atoms with Crippen LogP contribution >= 0.6 is 0 Å². The smallest absolute Gasteiger partial charge is 0.141 e. The van der Waals surface area contributed by atoms with Crippen LogP contribution in [0.3, 0.4) is 0 Å². The SMILES string of the molecule is N/C(CC(NC1CCCCCC1O)c1ccccc1)=N/O. The van der Waals surface area contributed by atoms with Gasteiger partial charge in [-0.05, 0) is 18.4 Å². The standard InChI is InChI=1S/C16H25N3O2/c17-16(19-21)11-14(12-7-3-1-4-8-12)18-13-9-5-2-6-10-15(13)20/h1,3-4,7-8,13-15,18,20-21H,2,5-6,9-11H2,(H2,17,19). The summed E-state index contributed by atoms with van der Waals surface area (Å²) in [5, 5.41) is 25.7. The maximum atomic E-state index is 10.3. The lowest BCUT2D eigenvalue weighted by atomic mass is 9.99. The molecule has 1 aliphatic rings. The Kier molecular flexibility index (Phi) is 6.02. The molecule has 0 aliphatic heterocycles. The van der Waals surface area contributed by atoms with Gasteiger partial charge in [-0.15, -0.1) is 0 Å². The van der Waals surface area contributed by atoms with Crippen molar-refractivity contribution < 1.29 is 10.3 Å². The van der Waals surface area contributed by atoms with Crippen LogP contribution in [0.1, 0.15) is 50.1 Å². The van der Waals surface area contributed by atoms with Crippen molar-refractivity contribution in [2.75, 3.05) is 0 Å². The molecule has 5 nitrogen and oxygen atoms in total. The molecule has 0 bridgehead atoms. The largest absolute Gasteiger partial charge is 0.409 e. The first-order valence-electron chi connectivity index (χ1n) is 7.66. The van der Waals surface area contributed by atoms with Crippen molar-refractivity contribution in [3.8, 4) is 0 Å². The van der Waals surface area contributed by atoms with Crippen molar-refractivity contribution in [1.82, 2.24) is 5.32 Å². The molecule has 21 heavy (non-hydrogen) atoms. The first-order chi connectivity index (χ1) is 10.2. The van der Waals surface area contributed by atoms with E-state index in [0.29, 0.717) is 6.42 Å². The Morgan fingerprint density at radius 2 is 1.95 bits per heavy atom. The number of benzene rings is 1. The van der Waals surface area contributed by atoms with Gasteiger partial charge in [0.05, 0.1) is 6.10 Å². The van der Waals surface area contributed by atoms with Gasteiger partial charge in [0.2, 0.25) is 0 Å². The number of amidine groups is 1. The van der Waals surface area contributed by atoms with Gasteiger partial charge in [-0.2, -0.15) is 0 Å². The molecule has 0 heterocycles. The zero-order valence-electron chi connectivity index (χ0n) is 12.3. The molecule has 0 radical (unpaired) electrons. The third kappa shape index (κ3) is 4.72. The van der Waals surface area contributed by atoms with E-state index in [2.05, 4.69) is 10.5 Å². The van der Waals surface area contributed by atoms with Crippen molar-refractivity contribution in [2.24, 2.45) is 10.9 Å². The van der Waals surface area contributed by atoms with Gasteiger partial charge in [-0.3, -0.25) is 0 Å². The van der Waals surface area contributed by atoms with E-state index in [4.69, 9.17) is 10.9 Å². The molecule has 2 rings (SSSR count). The highest BCUT2D eigenvalue weighted by atomic mass is 16.4. The van der Waals surface area contributed by atoms with Gasteiger partial charge in [0.25, 0.3) is 0 Å². The Morgan fingerprint density at radius 3 is 2.67 bits per heavy atom. The first kappa shape index (κ1) is 15.8. The number of nitrogens with zero attached hydrogens (tertiary/aromatic N) is 1. The van der Waals surface area contributed by atoms with Crippen LogP contribution in [0.2, 0.25) is 0 Å². The molecule has 116 valence electrons. The lowest BCUT2D eigenvalue weighted by Crippen LogP contribution is -2.42. The normalized spacial score (nSPS) is 25.3. The number of nitrogens with two attached hydrogens (primary N) is 1. The van der Waals surface area contributed by atoms with Crippen LogP contribution in [-0.2, 0) is 0 Å². The van der Waals surface area contributed by atoms with Crippen LogP contribution in [0.5, 0.6) is 0 Å². The molecule has 1 fully saturated rings. The molecule has 1 saturated carbocycles. The summed E-state index contributed by atoms with van der Waals surface area (Å²) in [6, 6.07) is 9.95. The number of rotatable bonds is 5. The second-order valence-electron chi connectivity index (χ2n) is 5.74. The van der Waals surface area contributed by atoms with E-state index in [0.717, 1.165) is 31.2 Å². The Bertz CT molecular complexity index is 450. The molecule has 0 amide bonds. The summed E-state index contributed by atoms with van der Waals surface area (Å²) in [6.07, 6.45) is 5.26. The molecule has 1 aliphatic carbocycles. The molecule has 1 aromatic rings. The molecule has 0 aromatic heterocycles. The maximum Gasteiger partial charge on any atom is 0.141 e. The number of oxime groups is 1. The highest BCUT2D eigenvalue weighted by Gasteiger charge is 2.25. The quantitative estimate of drug-likeness (QED) is 0.220. The molecule has 5 heteroatoms. The maximum absolute atomic E-state index is 10.3. The van der Waals surface area contributed by atoms with Crippen molar-refractivity contribution in [1.29, 1.82) is 0 Å². The van der Waals surface area contributed by atoms with Crippen molar-refractivity contribution >= 4 is 5.84 Å². The molecule has 3 unspecified atom stereocenters. The summed E-state index contributed by atoms with van der Waals surface area (Å²) in [6.45, 7) is 0. The topological polar surface area (TPSA) is 90.9 Å². The second kappa shape index (κ2) is 8.00. The average molecular weight is 291 g/mol. The van der Waals surface area contributed by atoms with Crippen molar-refractivity contribution in [2.45, 2.75) is 56.7 Å². The van der Waals surface area contributed by atoms with Gasteiger partial charge < -0.3 is 21.4 Å². The van der Waals surface area contributed by atoms with Crippen LogP contribution in [-0.4, -0.2) is 28.3 Å². The molecule has 5 N–H and O–H groups in total. The molecular formula is C16H25N3O2. The minimum absolute atomic E-state index is 0.0557. The van der Waals surface area contributed by atoms with E-state index in [1.807, 2.05) is 30.3 Å². The lowest BCUT2D eigenvalue weighted by Gasteiger charge is -2.28. The molecule has 0 spiro atoms. The minimum atomic E-state index is -0.328. The number of aliphatic hydroxyl groups is 1. The number of hydrogen-bond donors (Lipinski definition) is 4. The van der Waals surface area contributed by atoms with Crippen LogP contribution < -0.4 is 11.1 Å². The summed E-state index contributed by atoms with van der Waals surface area (Å²) in [5.74, 6) is 0.194. The van der Waals surface area contributed by atoms with E-state index in [1.165, 1.54) is 6.42 Å². The zero-order chi connectivity index (χ0) is 15.1. The lowest BCUT2D eigenvalue weighted by molar-refractivity contribution is 0.114. The van der Waals surface area contributed by atoms with Crippen LogP contribution in [0.25, 0.3) is 0 Å². The van der Waals surface area contributed by atoms with E-state index < -0.39 is 0 Å². The van der Waals surface area contributed by atoms with E-state index in [-0.39, 0.29) is 24.0 Å². The number of nitrogens with one attached hydrogen (secondary N) is 1. The first-order valence-corrected chi connectivity index (χ1v) is 7.66. The fourth-order valence-electron chi connectivity index (χ4n) is 2.95. The predicted octanol–water partition coefficient (Wildman–Crippen LogP) is 2.15. The van der Waals surface area contributed by atoms with Gasteiger partial charge in [-0.1, -0.05) is 54.8 Å². The summed E-state index contributed by atoms with van der Waals surface area (Å²) < 4.78 is 0. The Morgan fingerprint density at radius 1 is 1.24 bits per heavy atom. The Hall–Kier alpha value is -1.59. The fraction of sp³-hybridized carbons (Fsp3) is 0.562. The monoisotopic (exact) mass is 291 g/mol. The van der Waals surface area contributed by atoms with Gasteiger partial charge >= 0.3 is 0 Å². The minimum Gasteiger partial charge on any atom is -0.409 e. The summed E-state index contributed by atoms with van der Waals surface area (Å²) in [4.78, 5) is 0. The van der Waals surface area contributed by atoms with Crippen molar-refractivity contribution in [3.63, 3.8) is 0 Å². The Labute approximate surface area is 125 Å². The van der Waals surface area contributed by atoms with E-state index in [1.54, 1.807) is 0 Å². The van der Waals surface area contributed by atoms with Gasteiger partial charge in [0.15, 0.2) is 0 Å². The highest BCUT2D eigenvalue weighted by Crippen LogP contribution is 2.23. The third-order valence-corrected chi connectivity index (χ3v) is 4.14. The third-order valence-electron chi connectivity index (χ3n) is 4.14. The van der Waals surface area contributed by atoms with Crippen LogP contribution in [0.4, 0.5) is 0 Å². The summed E-state index contributed by atoms with van der Waals surface area (Å²) in [5.41, 5.74) is 6.76. The number of hydrogen-bond acceptors (Lipinski definition) is 4. The highest BCUT2D eigenvalue weighted by molar-refractivity contribution is 5.80. The molecule has 3 atom stereocenters. The molecular weight excluding hydrogens is 266 g/mol. The predicted molar refractivity (Wildman–Crippen MR) is 83.2 cm³/mol. The van der Waals surface area contributed by atoms with Crippen molar-refractivity contribution in [3.05, 3.63) is 35.9 Å². The van der Waals surface area contributed by atoms with Gasteiger partial charge in [0, 0.05) is 18.5 Å². The zero-order valence-corrected chi connectivity index (χ0v) is 12.3. The summed E-state index contributed by atoms with van der Waals surface area (Å²) >= 11 is 0. The fourth-order valence-corrected chi connectivity index (χ4v) is 2.95. The van der Waals surface area contributed by atoms with E-state index >= 15 is 0 Å². The number of aliphatic hydroxyl groups excluding tert-OH is 1. The molecule has 0 saturated heterocycles. The molecule has 1 aromatic carbocycles. The van der Waals surface area contributed by atoms with E-state index in [9.17, 15) is 5.11 Å². The average Bonchev–Trinajstić information content (AvgIpc) is 2.72.